The number of rotatable bonds is 3. The van der Waals surface area contributed by atoms with Crippen molar-refractivity contribution >= 4 is 11.6 Å². The Morgan fingerprint density at radius 1 is 1.32 bits per heavy atom. The molecule has 1 heterocycles. The molecule has 1 aromatic carbocycles. The van der Waals surface area contributed by atoms with Crippen LogP contribution in [0.15, 0.2) is 41.6 Å². The van der Waals surface area contributed by atoms with Crippen LogP contribution in [-0.2, 0) is 0 Å². The highest BCUT2D eigenvalue weighted by atomic mass is 16.2. The van der Waals surface area contributed by atoms with Gasteiger partial charge in [-0.1, -0.05) is 32.0 Å². The molecular weight excluding hydrogens is 242 g/mol. The number of amides is 1. The molecule has 0 fully saturated rings. The molecule has 5 nitrogen and oxygen atoms in total. The summed E-state index contributed by atoms with van der Waals surface area (Å²) in [4.78, 5) is 29.7. The number of nitrogens with one attached hydrogen (secondary N) is 2. The van der Waals surface area contributed by atoms with E-state index >= 15 is 0 Å². The van der Waals surface area contributed by atoms with E-state index in [0.29, 0.717) is 5.69 Å². The van der Waals surface area contributed by atoms with Gasteiger partial charge in [0.25, 0.3) is 11.5 Å². The van der Waals surface area contributed by atoms with Crippen molar-refractivity contribution in [2.75, 3.05) is 5.32 Å². The van der Waals surface area contributed by atoms with E-state index in [-0.39, 0.29) is 11.5 Å². The summed E-state index contributed by atoms with van der Waals surface area (Å²) in [5.41, 5.74) is 1.29. The van der Waals surface area contributed by atoms with Gasteiger partial charge < -0.3 is 10.3 Å². The van der Waals surface area contributed by atoms with Gasteiger partial charge in [0.2, 0.25) is 0 Å². The van der Waals surface area contributed by atoms with Gasteiger partial charge in [-0.2, -0.15) is 0 Å². The fourth-order valence-corrected chi connectivity index (χ4v) is 1.81. The summed E-state index contributed by atoms with van der Waals surface area (Å²) in [5, 5.41) is 2.75. The van der Waals surface area contributed by atoms with Gasteiger partial charge >= 0.3 is 0 Å². The summed E-state index contributed by atoms with van der Waals surface area (Å²) < 4.78 is 0. The number of aromatic nitrogens is 2. The minimum atomic E-state index is -0.456. The topological polar surface area (TPSA) is 74.8 Å². The number of nitrogens with zero attached hydrogens (tertiary/aromatic N) is 1. The quantitative estimate of drug-likeness (QED) is 0.884. The summed E-state index contributed by atoms with van der Waals surface area (Å²) in [6.07, 6.45) is 2.51. The predicted molar refractivity (Wildman–Crippen MR) is 73.3 cm³/mol. The van der Waals surface area contributed by atoms with Crippen LogP contribution in [0.5, 0.6) is 0 Å². The van der Waals surface area contributed by atoms with E-state index in [9.17, 15) is 9.59 Å². The maximum absolute atomic E-state index is 12.0. The van der Waals surface area contributed by atoms with Crippen LogP contribution in [-0.4, -0.2) is 15.9 Å². The Balaban J connectivity index is 2.30. The SMILES string of the molecule is CC(C)c1ccccc1NC(=O)c1cnc[nH]c1=O. The summed E-state index contributed by atoms with van der Waals surface area (Å²) in [5.74, 6) is -0.175. The molecule has 0 aliphatic rings. The number of hydrogen-bond donors (Lipinski definition) is 2. The Labute approximate surface area is 110 Å². The average molecular weight is 257 g/mol. The van der Waals surface area contributed by atoms with E-state index in [1.54, 1.807) is 0 Å². The number of aromatic amines is 1. The van der Waals surface area contributed by atoms with Crippen molar-refractivity contribution in [3.05, 3.63) is 58.3 Å². The second-order valence-electron chi connectivity index (χ2n) is 4.49. The second-order valence-corrected chi connectivity index (χ2v) is 4.49. The Kier molecular flexibility index (Phi) is 3.75. The zero-order valence-electron chi connectivity index (χ0n) is 10.8. The first-order valence-corrected chi connectivity index (χ1v) is 6.02. The number of anilines is 1. The Morgan fingerprint density at radius 3 is 2.74 bits per heavy atom. The van der Waals surface area contributed by atoms with Crippen molar-refractivity contribution in [1.29, 1.82) is 0 Å². The van der Waals surface area contributed by atoms with E-state index in [1.807, 2.05) is 38.1 Å². The molecular formula is C14H15N3O2. The lowest BCUT2D eigenvalue weighted by Gasteiger charge is -2.13. The fourth-order valence-electron chi connectivity index (χ4n) is 1.81. The molecule has 5 heteroatoms. The molecule has 19 heavy (non-hydrogen) atoms. The van der Waals surface area contributed by atoms with Crippen LogP contribution in [0.1, 0.15) is 35.7 Å². The van der Waals surface area contributed by atoms with E-state index in [2.05, 4.69) is 15.3 Å². The smallest absolute Gasteiger partial charge is 0.263 e. The maximum Gasteiger partial charge on any atom is 0.263 e. The Morgan fingerprint density at radius 2 is 2.05 bits per heavy atom. The van der Waals surface area contributed by atoms with Gasteiger partial charge in [0.15, 0.2) is 0 Å². The highest BCUT2D eigenvalue weighted by Crippen LogP contribution is 2.23. The van der Waals surface area contributed by atoms with Gasteiger partial charge in [0, 0.05) is 11.9 Å². The van der Waals surface area contributed by atoms with Crippen LogP contribution >= 0.6 is 0 Å². The molecule has 2 aromatic rings. The predicted octanol–water partition coefficient (Wildman–Crippen LogP) is 2.15. The third-order valence-electron chi connectivity index (χ3n) is 2.79. The van der Waals surface area contributed by atoms with Crippen molar-refractivity contribution < 1.29 is 4.79 Å². The van der Waals surface area contributed by atoms with Gasteiger partial charge in [-0.15, -0.1) is 0 Å². The minimum Gasteiger partial charge on any atom is -0.322 e. The van der Waals surface area contributed by atoms with Crippen LogP contribution in [0.4, 0.5) is 5.69 Å². The van der Waals surface area contributed by atoms with E-state index in [4.69, 9.17) is 0 Å². The average Bonchev–Trinajstić information content (AvgIpc) is 2.39. The fraction of sp³-hybridized carbons (Fsp3) is 0.214. The molecule has 0 saturated heterocycles. The normalized spacial score (nSPS) is 10.5. The number of carbonyl (C=O) groups is 1. The lowest BCUT2D eigenvalue weighted by Crippen LogP contribution is -2.23. The molecule has 0 bridgehead atoms. The maximum atomic E-state index is 12.0. The van der Waals surface area contributed by atoms with Gasteiger partial charge in [-0.25, -0.2) is 4.98 Å². The highest BCUT2D eigenvalue weighted by molar-refractivity contribution is 6.04. The molecule has 0 atom stereocenters. The zero-order chi connectivity index (χ0) is 13.8. The summed E-state index contributed by atoms with van der Waals surface area (Å²) in [6, 6.07) is 7.53. The molecule has 98 valence electrons. The van der Waals surface area contributed by atoms with Crippen molar-refractivity contribution in [2.45, 2.75) is 19.8 Å². The third-order valence-corrected chi connectivity index (χ3v) is 2.79. The monoisotopic (exact) mass is 257 g/mol. The largest absolute Gasteiger partial charge is 0.322 e. The number of benzene rings is 1. The van der Waals surface area contributed by atoms with Gasteiger partial charge in [0.05, 0.1) is 6.33 Å². The molecule has 1 amide bonds. The summed E-state index contributed by atoms with van der Waals surface area (Å²) in [7, 11) is 0. The number of carbonyl (C=O) groups excluding carboxylic acids is 1. The molecule has 0 saturated carbocycles. The second kappa shape index (κ2) is 5.48. The Hall–Kier alpha value is -2.43. The van der Waals surface area contributed by atoms with E-state index < -0.39 is 11.5 Å². The van der Waals surface area contributed by atoms with Crippen LogP contribution in [0, 0.1) is 0 Å². The molecule has 2 rings (SSSR count). The summed E-state index contributed by atoms with van der Waals surface area (Å²) in [6.45, 7) is 4.09. The first-order valence-electron chi connectivity index (χ1n) is 6.02. The molecule has 0 aliphatic heterocycles. The van der Waals surface area contributed by atoms with Gasteiger partial charge in [0.1, 0.15) is 5.56 Å². The van der Waals surface area contributed by atoms with Crippen molar-refractivity contribution in [1.82, 2.24) is 9.97 Å². The molecule has 0 aliphatic carbocycles. The van der Waals surface area contributed by atoms with Crippen LogP contribution in [0.3, 0.4) is 0 Å². The number of hydrogen-bond acceptors (Lipinski definition) is 3. The van der Waals surface area contributed by atoms with Gasteiger partial charge in [-0.05, 0) is 17.5 Å². The van der Waals surface area contributed by atoms with E-state index in [0.717, 1.165) is 5.56 Å². The van der Waals surface area contributed by atoms with Crippen molar-refractivity contribution in [3.8, 4) is 0 Å². The molecule has 0 spiro atoms. The van der Waals surface area contributed by atoms with E-state index in [1.165, 1.54) is 12.5 Å². The molecule has 1 aromatic heterocycles. The van der Waals surface area contributed by atoms with Crippen molar-refractivity contribution in [3.63, 3.8) is 0 Å². The zero-order valence-corrected chi connectivity index (χ0v) is 10.8. The molecule has 0 radical (unpaired) electrons. The summed E-state index contributed by atoms with van der Waals surface area (Å²) >= 11 is 0. The van der Waals surface area contributed by atoms with Crippen LogP contribution in [0.25, 0.3) is 0 Å². The third kappa shape index (κ3) is 2.88. The van der Waals surface area contributed by atoms with Crippen LogP contribution in [0.2, 0.25) is 0 Å². The first-order chi connectivity index (χ1) is 9.09. The van der Waals surface area contributed by atoms with Crippen LogP contribution < -0.4 is 10.9 Å². The lowest BCUT2D eigenvalue weighted by atomic mass is 10.0. The van der Waals surface area contributed by atoms with Crippen molar-refractivity contribution in [2.24, 2.45) is 0 Å². The lowest BCUT2D eigenvalue weighted by molar-refractivity contribution is 0.102. The first kappa shape index (κ1) is 13.0. The number of para-hydroxylation sites is 1. The standard InChI is InChI=1S/C14H15N3O2/c1-9(2)10-5-3-4-6-12(10)17-14(19)11-7-15-8-16-13(11)18/h3-9H,1-2H3,(H,17,19)(H,15,16,18). The molecule has 0 unspecified atom stereocenters. The Bertz CT molecular complexity index is 647. The molecule has 2 N–H and O–H groups in total. The van der Waals surface area contributed by atoms with Gasteiger partial charge in [-0.3, -0.25) is 9.59 Å². The number of H-pyrrole nitrogens is 1. The minimum absolute atomic E-state index is 0.000981. The highest BCUT2D eigenvalue weighted by Gasteiger charge is 2.13.